The summed E-state index contributed by atoms with van der Waals surface area (Å²) in [6, 6.07) is 7.94. The fourth-order valence-electron chi connectivity index (χ4n) is 1.60. The summed E-state index contributed by atoms with van der Waals surface area (Å²) in [5.41, 5.74) is 1.11. The maximum absolute atomic E-state index is 9.52. The van der Waals surface area contributed by atoms with Crippen LogP contribution in [0.15, 0.2) is 33.3 Å². The lowest BCUT2D eigenvalue weighted by Crippen LogP contribution is -2.08. The maximum Gasteiger partial charge on any atom is 0.229 e. The summed E-state index contributed by atoms with van der Waals surface area (Å²) in [4.78, 5) is 4.28. The summed E-state index contributed by atoms with van der Waals surface area (Å²) >= 11 is 3.49. The SMILES string of the molecule is CCC(O)Cc1nc(Cc2ccccc2Br)no1. The number of rotatable bonds is 5. The third kappa shape index (κ3) is 3.40. The molecule has 18 heavy (non-hydrogen) atoms. The molecule has 5 heteroatoms. The Hall–Kier alpha value is -1.20. The number of aromatic nitrogens is 2. The van der Waals surface area contributed by atoms with E-state index in [9.17, 15) is 5.11 Å². The van der Waals surface area contributed by atoms with Crippen molar-refractivity contribution in [2.75, 3.05) is 0 Å². The molecule has 2 rings (SSSR count). The Morgan fingerprint density at radius 2 is 2.17 bits per heavy atom. The van der Waals surface area contributed by atoms with Gasteiger partial charge < -0.3 is 9.63 Å². The molecule has 1 heterocycles. The zero-order valence-corrected chi connectivity index (χ0v) is 11.7. The highest BCUT2D eigenvalue weighted by atomic mass is 79.9. The van der Waals surface area contributed by atoms with Gasteiger partial charge in [-0.25, -0.2) is 0 Å². The number of aliphatic hydroxyl groups is 1. The topological polar surface area (TPSA) is 59.2 Å². The molecule has 0 aliphatic rings. The Bertz CT molecular complexity index is 513. The van der Waals surface area contributed by atoms with Crippen LogP contribution in [0.1, 0.15) is 30.6 Å². The van der Waals surface area contributed by atoms with Crippen LogP contribution < -0.4 is 0 Å². The van der Waals surface area contributed by atoms with Crippen molar-refractivity contribution in [2.45, 2.75) is 32.3 Å². The first-order valence-electron chi connectivity index (χ1n) is 5.92. The first-order valence-corrected chi connectivity index (χ1v) is 6.71. The summed E-state index contributed by atoms with van der Waals surface area (Å²) in [7, 11) is 0. The van der Waals surface area contributed by atoms with Crippen LogP contribution >= 0.6 is 15.9 Å². The van der Waals surface area contributed by atoms with Crippen LogP contribution in [0.4, 0.5) is 0 Å². The van der Waals surface area contributed by atoms with E-state index in [0.29, 0.717) is 31.0 Å². The fraction of sp³-hybridized carbons (Fsp3) is 0.385. The number of hydrogen-bond donors (Lipinski definition) is 1. The third-order valence-corrected chi connectivity index (χ3v) is 3.47. The molecule has 0 aliphatic carbocycles. The van der Waals surface area contributed by atoms with E-state index in [1.165, 1.54) is 0 Å². The Kier molecular flexibility index (Phi) is 4.49. The minimum Gasteiger partial charge on any atom is -0.393 e. The van der Waals surface area contributed by atoms with Crippen molar-refractivity contribution in [2.24, 2.45) is 0 Å². The lowest BCUT2D eigenvalue weighted by Gasteiger charge is -2.01. The Morgan fingerprint density at radius 1 is 1.39 bits per heavy atom. The molecule has 2 aromatic rings. The molecule has 1 N–H and O–H groups in total. The van der Waals surface area contributed by atoms with Crippen LogP contribution in [0.2, 0.25) is 0 Å². The Balaban J connectivity index is 2.05. The highest BCUT2D eigenvalue weighted by Gasteiger charge is 2.11. The number of halogens is 1. The lowest BCUT2D eigenvalue weighted by atomic mass is 10.1. The van der Waals surface area contributed by atoms with E-state index in [-0.39, 0.29) is 0 Å². The molecule has 0 spiro atoms. The van der Waals surface area contributed by atoms with Gasteiger partial charge in [0.1, 0.15) is 0 Å². The molecule has 0 aliphatic heterocycles. The molecular formula is C13H15BrN2O2. The predicted octanol–water partition coefficient (Wildman–Crippen LogP) is 2.74. The molecule has 0 saturated heterocycles. The van der Waals surface area contributed by atoms with E-state index in [0.717, 1.165) is 10.0 Å². The monoisotopic (exact) mass is 310 g/mol. The van der Waals surface area contributed by atoms with Gasteiger partial charge in [0.25, 0.3) is 0 Å². The quantitative estimate of drug-likeness (QED) is 0.922. The number of benzene rings is 1. The maximum atomic E-state index is 9.52. The summed E-state index contributed by atoms with van der Waals surface area (Å²) in [5, 5.41) is 13.4. The number of hydrogen-bond acceptors (Lipinski definition) is 4. The van der Waals surface area contributed by atoms with E-state index in [1.54, 1.807) is 0 Å². The summed E-state index contributed by atoms with van der Waals surface area (Å²) in [6.45, 7) is 1.92. The summed E-state index contributed by atoms with van der Waals surface area (Å²) in [5.74, 6) is 1.13. The standard InChI is InChI=1S/C13H15BrN2O2/c1-2-10(17)8-13-15-12(16-18-13)7-9-5-3-4-6-11(9)14/h3-6,10,17H,2,7-8H2,1H3. The van der Waals surface area contributed by atoms with Crippen molar-refractivity contribution in [3.05, 3.63) is 46.0 Å². The van der Waals surface area contributed by atoms with E-state index in [2.05, 4.69) is 26.1 Å². The zero-order chi connectivity index (χ0) is 13.0. The Morgan fingerprint density at radius 3 is 2.89 bits per heavy atom. The smallest absolute Gasteiger partial charge is 0.229 e. The molecule has 0 fully saturated rings. The van der Waals surface area contributed by atoms with Gasteiger partial charge in [-0.2, -0.15) is 4.98 Å². The molecule has 4 nitrogen and oxygen atoms in total. The number of aliphatic hydroxyl groups excluding tert-OH is 1. The largest absolute Gasteiger partial charge is 0.393 e. The van der Waals surface area contributed by atoms with Gasteiger partial charge in [0.15, 0.2) is 5.82 Å². The molecule has 96 valence electrons. The summed E-state index contributed by atoms with van der Waals surface area (Å²) in [6.07, 6.45) is 1.30. The fourth-order valence-corrected chi connectivity index (χ4v) is 2.03. The van der Waals surface area contributed by atoms with Gasteiger partial charge >= 0.3 is 0 Å². The highest BCUT2D eigenvalue weighted by Crippen LogP contribution is 2.18. The molecule has 0 radical (unpaired) electrons. The zero-order valence-electron chi connectivity index (χ0n) is 10.1. The van der Waals surface area contributed by atoms with Crippen LogP contribution in [-0.2, 0) is 12.8 Å². The molecule has 1 atom stereocenters. The van der Waals surface area contributed by atoms with Gasteiger partial charge in [0, 0.05) is 10.9 Å². The Labute approximate surface area is 114 Å². The van der Waals surface area contributed by atoms with Gasteiger partial charge in [-0.05, 0) is 18.1 Å². The number of nitrogens with zero attached hydrogens (tertiary/aromatic N) is 2. The normalized spacial score (nSPS) is 12.6. The van der Waals surface area contributed by atoms with Crippen molar-refractivity contribution in [1.29, 1.82) is 0 Å². The summed E-state index contributed by atoms with van der Waals surface area (Å²) < 4.78 is 6.15. The first kappa shape index (κ1) is 13.2. The minimum absolute atomic E-state index is 0.415. The van der Waals surface area contributed by atoms with Gasteiger partial charge in [0.2, 0.25) is 5.89 Å². The molecule has 0 bridgehead atoms. The van der Waals surface area contributed by atoms with Crippen molar-refractivity contribution in [3.63, 3.8) is 0 Å². The molecule has 1 aromatic carbocycles. The van der Waals surface area contributed by atoms with Gasteiger partial charge in [-0.1, -0.05) is 46.2 Å². The van der Waals surface area contributed by atoms with Crippen molar-refractivity contribution < 1.29 is 9.63 Å². The molecule has 1 aromatic heterocycles. The van der Waals surface area contributed by atoms with E-state index >= 15 is 0 Å². The van der Waals surface area contributed by atoms with Gasteiger partial charge in [-0.15, -0.1) is 0 Å². The highest BCUT2D eigenvalue weighted by molar-refractivity contribution is 9.10. The first-order chi connectivity index (χ1) is 8.69. The van der Waals surface area contributed by atoms with E-state index in [1.807, 2.05) is 31.2 Å². The molecule has 1 unspecified atom stereocenters. The average molecular weight is 311 g/mol. The van der Waals surface area contributed by atoms with Crippen LogP contribution in [0.25, 0.3) is 0 Å². The van der Waals surface area contributed by atoms with Crippen LogP contribution in [0.5, 0.6) is 0 Å². The average Bonchev–Trinajstić information content (AvgIpc) is 2.79. The predicted molar refractivity (Wildman–Crippen MR) is 71.2 cm³/mol. The van der Waals surface area contributed by atoms with Crippen molar-refractivity contribution in [3.8, 4) is 0 Å². The van der Waals surface area contributed by atoms with Gasteiger partial charge in [-0.3, -0.25) is 0 Å². The third-order valence-electron chi connectivity index (χ3n) is 2.70. The second kappa shape index (κ2) is 6.11. The molecule has 0 saturated carbocycles. The van der Waals surface area contributed by atoms with E-state index < -0.39 is 6.10 Å². The van der Waals surface area contributed by atoms with Crippen molar-refractivity contribution in [1.82, 2.24) is 10.1 Å². The minimum atomic E-state index is -0.415. The lowest BCUT2D eigenvalue weighted by molar-refractivity contribution is 0.158. The van der Waals surface area contributed by atoms with E-state index in [4.69, 9.17) is 4.52 Å². The molecular weight excluding hydrogens is 296 g/mol. The van der Waals surface area contributed by atoms with Crippen molar-refractivity contribution >= 4 is 15.9 Å². The van der Waals surface area contributed by atoms with Gasteiger partial charge in [0.05, 0.1) is 12.5 Å². The second-order valence-electron chi connectivity index (χ2n) is 4.14. The second-order valence-corrected chi connectivity index (χ2v) is 4.99. The van der Waals surface area contributed by atoms with Crippen LogP contribution in [0, 0.1) is 0 Å². The molecule has 0 amide bonds. The van der Waals surface area contributed by atoms with Crippen LogP contribution in [0.3, 0.4) is 0 Å². The van der Waals surface area contributed by atoms with Crippen LogP contribution in [-0.4, -0.2) is 21.4 Å².